The molecule has 0 atom stereocenters. The average molecular weight is 485 g/mol. The quantitative estimate of drug-likeness (QED) is 0.477. The normalized spacial score (nSPS) is 14.1. The number of hydrogen-bond donors (Lipinski definition) is 1. The molecule has 2 amide bonds. The number of piperidine rings is 1. The number of nitrogens with one attached hydrogen (secondary N) is 1. The minimum absolute atomic E-state index is 0.0658. The third-order valence-corrected chi connectivity index (χ3v) is 6.55. The Bertz CT molecular complexity index is 1510. The van der Waals surface area contributed by atoms with Gasteiger partial charge in [0.15, 0.2) is 0 Å². The summed E-state index contributed by atoms with van der Waals surface area (Å²) in [6.07, 6.45) is 1.17. The van der Waals surface area contributed by atoms with Crippen molar-refractivity contribution in [1.29, 1.82) is 0 Å². The first-order valence-corrected chi connectivity index (χ1v) is 11.9. The highest BCUT2D eigenvalue weighted by molar-refractivity contribution is 5.95. The number of nitrogens with zero attached hydrogens (tertiary/aromatic N) is 3. The van der Waals surface area contributed by atoms with Crippen molar-refractivity contribution in [1.82, 2.24) is 19.8 Å². The molecule has 5 rings (SSSR count). The Morgan fingerprint density at radius 2 is 1.61 bits per heavy atom. The molecule has 7 nitrogen and oxygen atoms in total. The Labute approximate surface area is 207 Å². The molecule has 1 fully saturated rings. The number of halogens is 1. The summed E-state index contributed by atoms with van der Waals surface area (Å²) in [6.45, 7) is 2.65. The first kappa shape index (κ1) is 23.4. The highest BCUT2D eigenvalue weighted by Gasteiger charge is 2.26. The van der Waals surface area contributed by atoms with Crippen molar-refractivity contribution in [2.24, 2.45) is 0 Å². The van der Waals surface area contributed by atoms with Crippen LogP contribution >= 0.6 is 0 Å². The third-order valence-electron chi connectivity index (χ3n) is 6.55. The van der Waals surface area contributed by atoms with Crippen molar-refractivity contribution in [3.05, 3.63) is 106 Å². The second-order valence-corrected chi connectivity index (χ2v) is 8.88. The smallest absolute Gasteiger partial charge is 0.265 e. The molecule has 3 aromatic carbocycles. The summed E-state index contributed by atoms with van der Waals surface area (Å²) in [6, 6.07) is 19.9. The van der Waals surface area contributed by atoms with Gasteiger partial charge >= 0.3 is 0 Å². The van der Waals surface area contributed by atoms with Gasteiger partial charge in [-0.3, -0.25) is 19.0 Å². The SMILES string of the molecule is Cc1nc2ccccc2c(=O)n1-c1ccc(C(=O)NC2CCN(C(=O)c3ccccc3F)CC2)cc1. The van der Waals surface area contributed by atoms with Crippen molar-refractivity contribution < 1.29 is 14.0 Å². The lowest BCUT2D eigenvalue weighted by molar-refractivity contribution is 0.0693. The summed E-state index contributed by atoms with van der Waals surface area (Å²) >= 11 is 0. The fourth-order valence-electron chi connectivity index (χ4n) is 4.61. The van der Waals surface area contributed by atoms with E-state index in [9.17, 15) is 18.8 Å². The molecular formula is C28H25FN4O3. The molecular weight excluding hydrogens is 459 g/mol. The van der Waals surface area contributed by atoms with Crippen LogP contribution in [0.4, 0.5) is 4.39 Å². The van der Waals surface area contributed by atoms with Crippen LogP contribution in [0.15, 0.2) is 77.6 Å². The van der Waals surface area contributed by atoms with E-state index in [0.29, 0.717) is 53.9 Å². The van der Waals surface area contributed by atoms with Crippen LogP contribution in [0.5, 0.6) is 0 Å². The van der Waals surface area contributed by atoms with Crippen LogP contribution < -0.4 is 10.9 Å². The van der Waals surface area contributed by atoms with Crippen molar-refractivity contribution in [2.45, 2.75) is 25.8 Å². The second kappa shape index (κ2) is 9.73. The maximum absolute atomic E-state index is 14.0. The average Bonchev–Trinajstić information content (AvgIpc) is 2.89. The van der Waals surface area contributed by atoms with E-state index < -0.39 is 5.82 Å². The molecule has 0 unspecified atom stereocenters. The number of aromatic nitrogens is 2. The van der Waals surface area contributed by atoms with Gasteiger partial charge in [-0.2, -0.15) is 0 Å². The zero-order valence-corrected chi connectivity index (χ0v) is 19.8. The van der Waals surface area contributed by atoms with Gasteiger partial charge < -0.3 is 10.2 Å². The molecule has 0 bridgehead atoms. The Hall–Kier alpha value is -4.33. The minimum atomic E-state index is -0.529. The van der Waals surface area contributed by atoms with Crippen LogP contribution in [-0.2, 0) is 0 Å². The maximum Gasteiger partial charge on any atom is 0.265 e. The van der Waals surface area contributed by atoms with Gasteiger partial charge in [0.2, 0.25) is 0 Å². The number of para-hydroxylation sites is 1. The van der Waals surface area contributed by atoms with Crippen LogP contribution in [0.2, 0.25) is 0 Å². The molecule has 182 valence electrons. The predicted octanol–water partition coefficient (Wildman–Crippen LogP) is 3.87. The van der Waals surface area contributed by atoms with Crippen molar-refractivity contribution >= 4 is 22.7 Å². The van der Waals surface area contributed by atoms with E-state index in [1.54, 1.807) is 60.4 Å². The fraction of sp³-hybridized carbons (Fsp3) is 0.214. The zero-order chi connectivity index (χ0) is 25.2. The van der Waals surface area contributed by atoms with Gasteiger partial charge in [0.05, 0.1) is 22.2 Å². The number of fused-ring (bicyclic) bond motifs is 1. The van der Waals surface area contributed by atoms with Gasteiger partial charge in [0.1, 0.15) is 11.6 Å². The number of amides is 2. The standard InChI is InChI=1S/C28H25FN4O3/c1-18-30-25-9-5-3-7-23(25)28(36)33(18)21-12-10-19(11-13-21)26(34)31-20-14-16-32(17-15-20)27(35)22-6-2-4-8-24(22)29/h2-13,20H,14-17H2,1H3,(H,31,34). The Morgan fingerprint density at radius 1 is 0.944 bits per heavy atom. The zero-order valence-electron chi connectivity index (χ0n) is 19.8. The summed E-state index contributed by atoms with van der Waals surface area (Å²) < 4.78 is 15.5. The molecule has 2 heterocycles. The molecule has 8 heteroatoms. The Morgan fingerprint density at radius 3 is 2.33 bits per heavy atom. The van der Waals surface area contributed by atoms with Crippen molar-refractivity contribution in [3.8, 4) is 5.69 Å². The Kier molecular flexibility index (Phi) is 6.33. The van der Waals surface area contributed by atoms with Crippen LogP contribution in [0.25, 0.3) is 16.6 Å². The van der Waals surface area contributed by atoms with Crippen molar-refractivity contribution in [3.63, 3.8) is 0 Å². The number of rotatable bonds is 4. The number of likely N-dealkylation sites (tertiary alicyclic amines) is 1. The third kappa shape index (κ3) is 4.49. The minimum Gasteiger partial charge on any atom is -0.349 e. The van der Waals surface area contributed by atoms with Gasteiger partial charge in [-0.15, -0.1) is 0 Å². The summed E-state index contributed by atoms with van der Waals surface area (Å²) in [5.41, 5.74) is 1.66. The van der Waals surface area contributed by atoms with Gasteiger partial charge in [0.25, 0.3) is 17.4 Å². The van der Waals surface area contributed by atoms with Crippen LogP contribution in [-0.4, -0.2) is 45.4 Å². The van der Waals surface area contributed by atoms with Gasteiger partial charge in [-0.1, -0.05) is 24.3 Å². The monoisotopic (exact) mass is 484 g/mol. The van der Waals surface area contributed by atoms with Crippen LogP contribution in [0.1, 0.15) is 39.4 Å². The summed E-state index contributed by atoms with van der Waals surface area (Å²) in [5, 5.41) is 3.55. The van der Waals surface area contributed by atoms with Gasteiger partial charge in [0, 0.05) is 24.7 Å². The van der Waals surface area contributed by atoms with Crippen molar-refractivity contribution in [2.75, 3.05) is 13.1 Å². The number of benzene rings is 3. The molecule has 0 radical (unpaired) electrons. The predicted molar refractivity (Wildman–Crippen MR) is 135 cm³/mol. The van der Waals surface area contributed by atoms with Gasteiger partial charge in [-0.25, -0.2) is 9.37 Å². The fourth-order valence-corrected chi connectivity index (χ4v) is 4.61. The maximum atomic E-state index is 14.0. The summed E-state index contributed by atoms with van der Waals surface area (Å²) in [4.78, 5) is 44.6. The largest absolute Gasteiger partial charge is 0.349 e. The lowest BCUT2D eigenvalue weighted by Crippen LogP contribution is -2.46. The molecule has 0 spiro atoms. The summed E-state index contributed by atoms with van der Waals surface area (Å²) in [7, 11) is 0. The molecule has 36 heavy (non-hydrogen) atoms. The molecule has 1 aliphatic rings. The molecule has 1 saturated heterocycles. The number of carbonyl (C=O) groups excluding carboxylic acids is 2. The lowest BCUT2D eigenvalue weighted by atomic mass is 10.0. The van der Waals surface area contributed by atoms with E-state index in [0.717, 1.165) is 0 Å². The van der Waals surface area contributed by atoms with Crippen LogP contribution in [0.3, 0.4) is 0 Å². The first-order valence-electron chi connectivity index (χ1n) is 11.9. The van der Waals surface area contributed by atoms with E-state index in [4.69, 9.17) is 0 Å². The molecule has 1 N–H and O–H groups in total. The van der Waals surface area contributed by atoms with E-state index in [1.807, 2.05) is 12.1 Å². The van der Waals surface area contributed by atoms with E-state index in [2.05, 4.69) is 10.3 Å². The second-order valence-electron chi connectivity index (χ2n) is 8.88. The highest BCUT2D eigenvalue weighted by Crippen LogP contribution is 2.18. The molecule has 1 aliphatic heterocycles. The highest BCUT2D eigenvalue weighted by atomic mass is 19.1. The molecule has 0 saturated carbocycles. The van der Waals surface area contributed by atoms with Gasteiger partial charge in [-0.05, 0) is 68.3 Å². The van der Waals surface area contributed by atoms with E-state index in [1.165, 1.54) is 16.7 Å². The number of carbonyl (C=O) groups is 2. The molecule has 1 aromatic heterocycles. The lowest BCUT2D eigenvalue weighted by Gasteiger charge is -2.32. The summed E-state index contributed by atoms with van der Waals surface area (Å²) in [5.74, 6) is -0.519. The molecule has 4 aromatic rings. The van der Waals surface area contributed by atoms with E-state index in [-0.39, 0.29) is 29.0 Å². The Balaban J connectivity index is 1.24. The number of hydrogen-bond acceptors (Lipinski definition) is 4. The van der Waals surface area contributed by atoms with Crippen LogP contribution in [0, 0.1) is 12.7 Å². The molecule has 0 aliphatic carbocycles. The first-order chi connectivity index (χ1) is 17.4. The van der Waals surface area contributed by atoms with E-state index >= 15 is 0 Å². The topological polar surface area (TPSA) is 84.3 Å². The number of aryl methyl sites for hydroxylation is 1.